The van der Waals surface area contributed by atoms with E-state index >= 15 is 0 Å². The number of hydrogen-bond acceptors (Lipinski definition) is 11. The van der Waals surface area contributed by atoms with E-state index in [1.54, 1.807) is 36.4 Å². The van der Waals surface area contributed by atoms with Crippen molar-refractivity contribution in [1.82, 2.24) is 0 Å². The molecule has 0 bridgehead atoms. The van der Waals surface area contributed by atoms with E-state index < -0.39 is 26.3 Å². The molecule has 0 spiro atoms. The molecule has 0 saturated carbocycles. The smallest absolute Gasteiger partial charge is 0.306 e. The van der Waals surface area contributed by atoms with Gasteiger partial charge in [0, 0.05) is 12.7 Å². The van der Waals surface area contributed by atoms with Gasteiger partial charge in [-0.2, -0.15) is 16.8 Å². The van der Waals surface area contributed by atoms with Crippen molar-refractivity contribution in [3.8, 4) is 51.0 Å². The third-order valence-electron chi connectivity index (χ3n) is 6.50. The summed E-state index contributed by atoms with van der Waals surface area (Å²) in [7, 11) is -3.86. The van der Waals surface area contributed by atoms with Crippen molar-refractivity contribution in [1.29, 1.82) is 0 Å². The molecule has 13 heteroatoms. The second-order valence-corrected chi connectivity index (χ2v) is 13.1. The van der Waals surface area contributed by atoms with Crippen LogP contribution >= 0.6 is 0 Å². The molecule has 0 radical (unpaired) electrons. The van der Waals surface area contributed by atoms with E-state index in [0.717, 1.165) is 18.1 Å². The lowest BCUT2D eigenvalue weighted by Crippen LogP contribution is -2.10. The fraction of sp³-hybridized carbons (Fsp3) is 0.250. The van der Waals surface area contributed by atoms with Gasteiger partial charge < -0.3 is 32.4 Å². The number of rotatable bonds is 14. The molecule has 4 aromatic rings. The number of aliphatic hydroxyl groups excluding tert-OH is 1. The number of aliphatic hydroxyl groups is 1. The fourth-order valence-electron chi connectivity index (χ4n) is 4.58. The summed E-state index contributed by atoms with van der Waals surface area (Å²) in [5.41, 5.74) is 2.94. The Labute approximate surface area is 263 Å². The summed E-state index contributed by atoms with van der Waals surface area (Å²) in [4.78, 5) is 0. The van der Waals surface area contributed by atoms with Gasteiger partial charge >= 0.3 is 20.2 Å². The Morgan fingerprint density at radius 1 is 0.689 bits per heavy atom. The Hall–Kier alpha value is -4.30. The minimum absolute atomic E-state index is 0.0661. The maximum Gasteiger partial charge on any atom is 0.306 e. The Morgan fingerprint density at radius 3 is 1.91 bits per heavy atom. The van der Waals surface area contributed by atoms with Gasteiger partial charge in [0.05, 0.1) is 38.9 Å². The third kappa shape index (κ3) is 8.66. The monoisotopic (exact) mass is 658 g/mol. The molecule has 0 fully saturated rings. The van der Waals surface area contributed by atoms with Crippen molar-refractivity contribution in [3.05, 3.63) is 90.0 Å². The quantitative estimate of drug-likeness (QED) is 0.183. The van der Waals surface area contributed by atoms with Crippen molar-refractivity contribution in [2.75, 3.05) is 40.4 Å². The summed E-state index contributed by atoms with van der Waals surface area (Å²) in [5, 5.41) is 10.3. The standard InChI is InChI=1S/C32H34O11S2/c1-38-20-26(33)23-13-11-22(12-14-23)25-18-29(39-2)30(32(31(25)40-3)43-45(5,36)37)24-15-16-27(28(17-24)42-44(4,34)35)41-19-21-9-7-6-8-10-21/h6-18,26,33H,19-20H2,1-5H3. The van der Waals surface area contributed by atoms with Crippen molar-refractivity contribution < 1.29 is 49.3 Å². The van der Waals surface area contributed by atoms with Crippen molar-refractivity contribution >= 4 is 20.2 Å². The van der Waals surface area contributed by atoms with Crippen LogP contribution in [-0.2, 0) is 31.6 Å². The highest BCUT2D eigenvalue weighted by Gasteiger charge is 2.27. The summed E-state index contributed by atoms with van der Waals surface area (Å²) < 4.78 is 82.6. The average Bonchev–Trinajstić information content (AvgIpc) is 2.99. The molecular weight excluding hydrogens is 624 g/mol. The zero-order valence-electron chi connectivity index (χ0n) is 25.3. The molecule has 0 amide bonds. The van der Waals surface area contributed by atoms with E-state index in [9.17, 15) is 21.9 Å². The van der Waals surface area contributed by atoms with Gasteiger partial charge in [-0.1, -0.05) is 60.7 Å². The van der Waals surface area contributed by atoms with Crippen LogP contribution in [0.4, 0.5) is 0 Å². The molecule has 11 nitrogen and oxygen atoms in total. The number of benzene rings is 4. The summed E-state index contributed by atoms with van der Waals surface area (Å²) in [6, 6.07) is 22.3. The highest BCUT2D eigenvalue weighted by Crippen LogP contribution is 2.51. The lowest BCUT2D eigenvalue weighted by molar-refractivity contribution is 0.0644. The van der Waals surface area contributed by atoms with E-state index in [-0.39, 0.29) is 47.5 Å². The molecular formula is C32H34O11S2. The van der Waals surface area contributed by atoms with E-state index in [1.165, 1.54) is 33.5 Å². The van der Waals surface area contributed by atoms with Crippen LogP contribution in [0.5, 0.6) is 28.7 Å². The first-order chi connectivity index (χ1) is 21.3. The van der Waals surface area contributed by atoms with Gasteiger partial charge in [0.15, 0.2) is 23.0 Å². The molecule has 0 heterocycles. The summed E-state index contributed by atoms with van der Waals surface area (Å²) in [5.74, 6) is 0.0668. The number of ether oxygens (including phenoxy) is 4. The third-order valence-corrected chi connectivity index (χ3v) is 7.45. The van der Waals surface area contributed by atoms with Crippen LogP contribution in [0.25, 0.3) is 22.3 Å². The SMILES string of the molecule is COCC(O)c1ccc(-c2cc(OC)c(-c3ccc(OCc4ccccc4)c(OS(C)(=O)=O)c3)c(OS(C)(=O)=O)c2OC)cc1. The van der Waals surface area contributed by atoms with Crippen LogP contribution in [0, 0.1) is 0 Å². The molecule has 45 heavy (non-hydrogen) atoms. The molecule has 0 aliphatic rings. The normalized spacial score (nSPS) is 12.3. The lowest BCUT2D eigenvalue weighted by atomic mass is 9.95. The van der Waals surface area contributed by atoms with Gasteiger partial charge in [0.25, 0.3) is 0 Å². The Balaban J connectivity index is 1.90. The van der Waals surface area contributed by atoms with E-state index in [0.29, 0.717) is 22.3 Å². The van der Waals surface area contributed by atoms with Crippen LogP contribution in [0.2, 0.25) is 0 Å². The molecule has 4 aromatic carbocycles. The van der Waals surface area contributed by atoms with Gasteiger partial charge in [-0.05, 0) is 40.5 Å². The molecule has 1 atom stereocenters. The van der Waals surface area contributed by atoms with Crippen molar-refractivity contribution in [2.24, 2.45) is 0 Å². The highest BCUT2D eigenvalue weighted by molar-refractivity contribution is 7.86. The minimum Gasteiger partial charge on any atom is -0.496 e. The average molecular weight is 659 g/mol. The second kappa shape index (κ2) is 14.2. The minimum atomic E-state index is -4.11. The predicted octanol–water partition coefficient (Wildman–Crippen LogP) is 4.97. The second-order valence-electron chi connectivity index (χ2n) is 9.97. The summed E-state index contributed by atoms with van der Waals surface area (Å²) in [6.45, 7) is 0.245. The Morgan fingerprint density at radius 2 is 1.33 bits per heavy atom. The summed E-state index contributed by atoms with van der Waals surface area (Å²) >= 11 is 0. The first kappa shape index (κ1) is 33.6. The van der Waals surface area contributed by atoms with E-state index in [4.69, 9.17) is 27.3 Å². The zero-order chi connectivity index (χ0) is 32.8. The van der Waals surface area contributed by atoms with Gasteiger partial charge in [-0.3, -0.25) is 0 Å². The largest absolute Gasteiger partial charge is 0.496 e. The number of hydrogen-bond donors (Lipinski definition) is 1. The maximum absolute atomic E-state index is 12.5. The molecule has 1 N–H and O–H groups in total. The van der Waals surface area contributed by atoms with Crippen molar-refractivity contribution in [2.45, 2.75) is 12.7 Å². The first-order valence-electron chi connectivity index (χ1n) is 13.5. The van der Waals surface area contributed by atoms with Crippen LogP contribution < -0.4 is 22.6 Å². The van der Waals surface area contributed by atoms with Crippen LogP contribution in [0.1, 0.15) is 17.2 Å². The van der Waals surface area contributed by atoms with Crippen LogP contribution in [0.3, 0.4) is 0 Å². The topological polar surface area (TPSA) is 144 Å². The molecule has 4 rings (SSSR count). The van der Waals surface area contributed by atoms with Gasteiger partial charge in [0.1, 0.15) is 18.5 Å². The van der Waals surface area contributed by atoms with Crippen LogP contribution in [0.15, 0.2) is 78.9 Å². The first-order valence-corrected chi connectivity index (χ1v) is 17.1. The molecule has 240 valence electrons. The van der Waals surface area contributed by atoms with Gasteiger partial charge in [-0.25, -0.2) is 0 Å². The molecule has 0 aliphatic carbocycles. The zero-order valence-corrected chi connectivity index (χ0v) is 27.0. The van der Waals surface area contributed by atoms with E-state index in [2.05, 4.69) is 0 Å². The lowest BCUT2D eigenvalue weighted by Gasteiger charge is -2.21. The van der Waals surface area contributed by atoms with Crippen molar-refractivity contribution in [3.63, 3.8) is 0 Å². The maximum atomic E-state index is 12.5. The summed E-state index contributed by atoms with van der Waals surface area (Å²) in [6.07, 6.45) is 0.951. The molecule has 0 aliphatic heterocycles. The molecule has 0 saturated heterocycles. The molecule has 0 aromatic heterocycles. The van der Waals surface area contributed by atoms with Crippen LogP contribution in [-0.4, -0.2) is 62.4 Å². The fourth-order valence-corrected chi connectivity index (χ4v) is 5.50. The Kier molecular flexibility index (Phi) is 10.6. The highest BCUT2D eigenvalue weighted by atomic mass is 32.2. The Bertz CT molecular complexity index is 1840. The van der Waals surface area contributed by atoms with Gasteiger partial charge in [0.2, 0.25) is 0 Å². The molecule has 1 unspecified atom stereocenters. The van der Waals surface area contributed by atoms with Gasteiger partial charge in [-0.15, -0.1) is 0 Å². The number of methoxy groups -OCH3 is 3. The predicted molar refractivity (Wildman–Crippen MR) is 169 cm³/mol. The van der Waals surface area contributed by atoms with E-state index in [1.807, 2.05) is 30.3 Å².